The second-order valence-electron chi connectivity index (χ2n) is 7.59. The van der Waals surface area contributed by atoms with E-state index < -0.39 is 0 Å². The molecule has 0 unspecified atom stereocenters. The Morgan fingerprint density at radius 3 is 2.87 bits per heavy atom. The van der Waals surface area contributed by atoms with Crippen LogP contribution >= 0.6 is 11.3 Å². The molecule has 0 aromatic carbocycles. The van der Waals surface area contributed by atoms with Crippen LogP contribution in [0.1, 0.15) is 16.9 Å². The smallest absolute Gasteiger partial charge is 0.181 e. The third-order valence-corrected chi connectivity index (χ3v) is 6.69. The fourth-order valence-corrected chi connectivity index (χ4v) is 5.03. The van der Waals surface area contributed by atoms with Crippen LogP contribution in [0.4, 0.5) is 0 Å². The van der Waals surface area contributed by atoms with E-state index in [4.69, 9.17) is 0 Å². The summed E-state index contributed by atoms with van der Waals surface area (Å²) < 4.78 is 0. The summed E-state index contributed by atoms with van der Waals surface area (Å²) >= 11 is 1.80. The minimum atomic E-state index is 0.726. The summed E-state index contributed by atoms with van der Waals surface area (Å²) in [5, 5.41) is 13.1. The number of hydrogen-bond acceptors (Lipinski definition) is 5. The predicted octanol–water partition coefficient (Wildman–Crippen LogP) is 4.91. The highest BCUT2D eigenvalue weighted by Gasteiger charge is 2.16. The summed E-state index contributed by atoms with van der Waals surface area (Å²) in [7, 11) is 0. The van der Waals surface area contributed by atoms with Gasteiger partial charge in [0.05, 0.1) is 11.4 Å². The Morgan fingerprint density at radius 1 is 1.07 bits per heavy atom. The molecule has 0 atom stereocenters. The van der Waals surface area contributed by atoms with Crippen molar-refractivity contribution in [3.05, 3.63) is 59.2 Å². The van der Waals surface area contributed by atoms with Gasteiger partial charge in [-0.05, 0) is 61.4 Å². The van der Waals surface area contributed by atoms with E-state index in [1.165, 1.54) is 20.9 Å². The molecule has 0 amide bonds. The van der Waals surface area contributed by atoms with Gasteiger partial charge >= 0.3 is 0 Å². The quantitative estimate of drug-likeness (QED) is 0.393. The second kappa shape index (κ2) is 6.90. The first-order valence-corrected chi connectivity index (χ1v) is 10.9. The van der Waals surface area contributed by atoms with E-state index >= 15 is 0 Å². The molecular weight excluding hydrogens is 392 g/mol. The first-order chi connectivity index (χ1) is 14.8. The van der Waals surface area contributed by atoms with Crippen LogP contribution in [0.25, 0.3) is 49.5 Å². The highest BCUT2D eigenvalue weighted by atomic mass is 32.1. The van der Waals surface area contributed by atoms with Crippen molar-refractivity contribution in [2.45, 2.75) is 13.3 Å². The van der Waals surface area contributed by atoms with Crippen molar-refractivity contribution in [3.63, 3.8) is 0 Å². The molecule has 0 saturated heterocycles. The zero-order chi connectivity index (χ0) is 20.1. The van der Waals surface area contributed by atoms with E-state index in [-0.39, 0.29) is 0 Å². The molecule has 5 aromatic rings. The van der Waals surface area contributed by atoms with E-state index in [2.05, 4.69) is 73.8 Å². The van der Waals surface area contributed by atoms with Crippen molar-refractivity contribution in [1.29, 1.82) is 0 Å². The molecule has 148 valence electrons. The average Bonchev–Trinajstić information content (AvgIpc) is 3.51. The number of fused-ring (bicyclic) bond motifs is 2. The van der Waals surface area contributed by atoms with E-state index in [1.54, 1.807) is 11.3 Å². The topological polar surface area (TPSA) is 82.3 Å². The van der Waals surface area contributed by atoms with Crippen LogP contribution in [-0.2, 0) is 0 Å². The number of aromatic amines is 2. The van der Waals surface area contributed by atoms with Gasteiger partial charge < -0.3 is 10.3 Å². The van der Waals surface area contributed by atoms with Crippen LogP contribution in [0, 0.1) is 6.92 Å². The molecule has 6 nitrogen and oxygen atoms in total. The molecular formula is C23H20N6S. The van der Waals surface area contributed by atoms with E-state index in [0.717, 1.165) is 58.5 Å². The summed E-state index contributed by atoms with van der Waals surface area (Å²) in [5.41, 5.74) is 7.22. The number of H-pyrrole nitrogens is 2. The lowest BCUT2D eigenvalue weighted by Gasteiger charge is -2.13. The van der Waals surface area contributed by atoms with E-state index in [1.807, 2.05) is 12.4 Å². The lowest BCUT2D eigenvalue weighted by atomic mass is 10.0. The van der Waals surface area contributed by atoms with Crippen LogP contribution in [-0.4, -0.2) is 38.2 Å². The minimum Gasteiger partial charge on any atom is -0.338 e. The third-order valence-electron chi connectivity index (χ3n) is 5.65. The Morgan fingerprint density at radius 2 is 2.03 bits per heavy atom. The number of aryl methyl sites for hydroxylation is 1. The molecule has 3 N–H and O–H groups in total. The SMILES string of the molecule is Cc1ccc(-c2ccnc3[nH]c(-c4[nH]nc5ncc(C6=CCNCC6)cc45)cc23)s1. The molecule has 1 aliphatic heterocycles. The Balaban J connectivity index is 1.49. The van der Waals surface area contributed by atoms with Gasteiger partial charge in [0.1, 0.15) is 5.65 Å². The lowest BCUT2D eigenvalue weighted by molar-refractivity contribution is 0.738. The molecule has 7 heteroatoms. The van der Waals surface area contributed by atoms with Crippen LogP contribution < -0.4 is 5.32 Å². The number of rotatable bonds is 3. The van der Waals surface area contributed by atoms with Gasteiger partial charge in [-0.25, -0.2) is 9.97 Å². The van der Waals surface area contributed by atoms with Gasteiger partial charge in [-0.15, -0.1) is 11.3 Å². The maximum absolute atomic E-state index is 4.59. The fourth-order valence-electron chi connectivity index (χ4n) is 4.12. The largest absolute Gasteiger partial charge is 0.338 e. The Hall–Kier alpha value is -3.29. The predicted molar refractivity (Wildman–Crippen MR) is 122 cm³/mol. The van der Waals surface area contributed by atoms with Crippen LogP contribution in [0.2, 0.25) is 0 Å². The van der Waals surface area contributed by atoms with Gasteiger partial charge in [-0.3, -0.25) is 5.10 Å². The maximum Gasteiger partial charge on any atom is 0.181 e. The lowest BCUT2D eigenvalue weighted by Crippen LogP contribution is -2.20. The van der Waals surface area contributed by atoms with Crippen molar-refractivity contribution in [3.8, 4) is 21.8 Å². The standard InChI is InChI=1S/C23H20N6S/c1-13-2-3-20(30-13)16-6-9-25-22-17(16)11-19(27-22)21-18-10-15(12-26-23(18)29-28-21)14-4-7-24-8-5-14/h2-4,6,9-12,24H,5,7-8H2,1H3,(H,25,27)(H,26,28,29). The normalized spacial score (nSPS) is 14.5. The Kier molecular flexibility index (Phi) is 4.04. The molecule has 0 radical (unpaired) electrons. The number of hydrogen-bond donors (Lipinski definition) is 3. The third kappa shape index (κ3) is 2.86. The highest BCUT2D eigenvalue weighted by Crippen LogP contribution is 2.36. The van der Waals surface area contributed by atoms with Crippen molar-refractivity contribution in [2.75, 3.05) is 13.1 Å². The van der Waals surface area contributed by atoms with Gasteiger partial charge in [0.25, 0.3) is 0 Å². The highest BCUT2D eigenvalue weighted by molar-refractivity contribution is 7.15. The van der Waals surface area contributed by atoms with Crippen molar-refractivity contribution in [2.24, 2.45) is 0 Å². The maximum atomic E-state index is 4.59. The Labute approximate surface area is 177 Å². The number of nitrogens with zero attached hydrogens (tertiary/aromatic N) is 3. The van der Waals surface area contributed by atoms with E-state index in [0.29, 0.717) is 0 Å². The molecule has 0 bridgehead atoms. The molecule has 0 fully saturated rings. The first-order valence-electron chi connectivity index (χ1n) is 10.1. The summed E-state index contributed by atoms with van der Waals surface area (Å²) in [5.74, 6) is 0. The molecule has 0 saturated carbocycles. The van der Waals surface area contributed by atoms with Crippen LogP contribution in [0.5, 0.6) is 0 Å². The van der Waals surface area contributed by atoms with Crippen molar-refractivity contribution >= 4 is 39.0 Å². The molecule has 6 heterocycles. The summed E-state index contributed by atoms with van der Waals surface area (Å²) in [6.07, 6.45) is 7.05. The minimum absolute atomic E-state index is 0.726. The second-order valence-corrected chi connectivity index (χ2v) is 8.88. The summed E-state index contributed by atoms with van der Waals surface area (Å²) in [6.45, 7) is 4.04. The number of thiophene rings is 1. The molecule has 1 aliphatic rings. The molecule has 0 spiro atoms. The van der Waals surface area contributed by atoms with Gasteiger partial charge in [0.15, 0.2) is 5.65 Å². The van der Waals surface area contributed by atoms with Crippen molar-refractivity contribution in [1.82, 2.24) is 30.5 Å². The van der Waals surface area contributed by atoms with Crippen LogP contribution in [0.15, 0.2) is 48.8 Å². The zero-order valence-electron chi connectivity index (χ0n) is 16.5. The van der Waals surface area contributed by atoms with Crippen molar-refractivity contribution < 1.29 is 0 Å². The summed E-state index contributed by atoms with van der Waals surface area (Å²) in [6, 6.07) is 10.8. The number of nitrogens with one attached hydrogen (secondary N) is 3. The number of pyridine rings is 2. The average molecular weight is 413 g/mol. The Bertz CT molecular complexity index is 1420. The molecule has 0 aliphatic carbocycles. The van der Waals surface area contributed by atoms with E-state index in [9.17, 15) is 0 Å². The molecule has 30 heavy (non-hydrogen) atoms. The first kappa shape index (κ1) is 17.6. The van der Waals surface area contributed by atoms with Crippen LogP contribution in [0.3, 0.4) is 0 Å². The fraction of sp³-hybridized carbons (Fsp3) is 0.174. The monoisotopic (exact) mass is 412 g/mol. The number of aromatic nitrogens is 5. The molecule has 5 aromatic heterocycles. The van der Waals surface area contributed by atoms with Gasteiger partial charge in [0.2, 0.25) is 0 Å². The zero-order valence-corrected chi connectivity index (χ0v) is 17.3. The summed E-state index contributed by atoms with van der Waals surface area (Å²) in [4.78, 5) is 15.2. The van der Waals surface area contributed by atoms with Gasteiger partial charge in [0, 0.05) is 45.0 Å². The van der Waals surface area contributed by atoms with Gasteiger partial charge in [-0.1, -0.05) is 6.08 Å². The molecule has 6 rings (SSSR count). The van der Waals surface area contributed by atoms with Gasteiger partial charge in [-0.2, -0.15) is 5.10 Å².